The fourth-order valence-electron chi connectivity index (χ4n) is 0.851. The molecule has 0 saturated carbocycles. The van der Waals surface area contributed by atoms with Crippen LogP contribution >= 0.6 is 0 Å². The van der Waals surface area contributed by atoms with Gasteiger partial charge in [-0.2, -0.15) is 0 Å². The van der Waals surface area contributed by atoms with Crippen LogP contribution in [-0.2, 0) is 14.3 Å². The number of ether oxygens (including phenoxy) is 1. The van der Waals surface area contributed by atoms with Crippen LogP contribution < -0.4 is 11.1 Å². The quantitative estimate of drug-likeness (QED) is 0.267. The third kappa shape index (κ3) is 5.70. The Kier molecular flexibility index (Phi) is 7.02. The van der Waals surface area contributed by atoms with Crippen LogP contribution in [0.4, 0.5) is 0 Å². The molecule has 1 unspecified atom stereocenters. The molecule has 3 N–H and O–H groups in total. The first-order chi connectivity index (χ1) is 7.13. The summed E-state index contributed by atoms with van der Waals surface area (Å²) < 4.78 is 4.60. The van der Waals surface area contributed by atoms with Gasteiger partial charge in [-0.1, -0.05) is 0 Å². The van der Waals surface area contributed by atoms with Crippen LogP contribution in [0.1, 0.15) is 19.8 Å². The second-order valence-electron chi connectivity index (χ2n) is 2.83. The number of nitrogens with two attached hydrogens (primary N) is 1. The molecule has 0 heterocycles. The predicted octanol–water partition coefficient (Wildman–Crippen LogP) is -0.594. The summed E-state index contributed by atoms with van der Waals surface area (Å²) in [6.45, 7) is 2.27. The van der Waals surface area contributed by atoms with Crippen molar-refractivity contribution < 1.29 is 14.3 Å². The molecular weight excluding hydrogens is 196 g/mol. The monoisotopic (exact) mass is 212 g/mol. The fraction of sp³-hybridized carbons (Fsp3) is 0.600. The average molecular weight is 212 g/mol. The molecule has 0 fully saturated rings. The molecule has 0 aromatic carbocycles. The van der Waals surface area contributed by atoms with Gasteiger partial charge < -0.3 is 15.8 Å². The highest BCUT2D eigenvalue weighted by molar-refractivity contribution is 6.01. The molecule has 0 aliphatic heterocycles. The fourth-order valence-corrected chi connectivity index (χ4v) is 0.851. The molecule has 0 aromatic rings. The maximum atomic E-state index is 11.2. The second kappa shape index (κ2) is 7.83. The molecule has 0 saturated heterocycles. The van der Waals surface area contributed by atoms with E-state index in [1.165, 1.54) is 0 Å². The van der Waals surface area contributed by atoms with Gasteiger partial charge >= 0.3 is 5.97 Å². The van der Waals surface area contributed by atoms with Crippen LogP contribution in [0.2, 0.25) is 0 Å². The van der Waals surface area contributed by atoms with E-state index < -0.39 is 17.9 Å². The minimum Gasteiger partial charge on any atom is -0.464 e. The van der Waals surface area contributed by atoms with Gasteiger partial charge in [0, 0.05) is 13.0 Å². The Hall–Kier alpha value is -1.54. The molecule has 1 amide bonds. The number of nitrogens with one attached hydrogen (secondary N) is 1. The Balaban J connectivity index is 3.79. The predicted molar refractivity (Wildman–Crippen MR) is 55.7 cm³/mol. The summed E-state index contributed by atoms with van der Waals surface area (Å²) in [5, 5.41) is 2.50. The van der Waals surface area contributed by atoms with Crippen molar-refractivity contribution in [3.63, 3.8) is 0 Å². The summed E-state index contributed by atoms with van der Waals surface area (Å²) in [6, 6.07) is -1.25. The normalized spacial score (nSPS) is 11.3. The minimum absolute atomic E-state index is 0.205. The number of hydrogen-bond acceptors (Lipinski definition) is 4. The largest absolute Gasteiger partial charge is 0.464 e. The first-order valence-corrected chi connectivity index (χ1v) is 4.76. The van der Waals surface area contributed by atoms with E-state index in [0.29, 0.717) is 19.4 Å². The van der Waals surface area contributed by atoms with Gasteiger partial charge in [0.15, 0.2) is 6.04 Å². The number of esters is 1. The van der Waals surface area contributed by atoms with Gasteiger partial charge in [-0.3, -0.25) is 4.79 Å². The van der Waals surface area contributed by atoms with Crippen LogP contribution in [0.15, 0.2) is 0 Å². The second-order valence-corrected chi connectivity index (χ2v) is 2.83. The summed E-state index contributed by atoms with van der Waals surface area (Å²) >= 11 is 0. The lowest BCUT2D eigenvalue weighted by Gasteiger charge is -2.10. The molecule has 15 heavy (non-hydrogen) atoms. The number of carbonyl (C=O) groups excluding carboxylic acids is 2. The summed E-state index contributed by atoms with van der Waals surface area (Å²) in [4.78, 5) is 22.3. The van der Waals surface area contributed by atoms with Crippen molar-refractivity contribution in [1.82, 2.24) is 5.32 Å². The molecule has 84 valence electrons. The van der Waals surface area contributed by atoms with Crippen molar-refractivity contribution in [2.24, 2.45) is 5.73 Å². The first kappa shape index (κ1) is 13.5. The van der Waals surface area contributed by atoms with Gasteiger partial charge in [-0.05, 0) is 13.3 Å². The third-order valence-corrected chi connectivity index (χ3v) is 1.62. The Morgan fingerprint density at radius 3 is 2.80 bits per heavy atom. The zero-order valence-corrected chi connectivity index (χ0v) is 8.79. The molecule has 0 aromatic heterocycles. The van der Waals surface area contributed by atoms with E-state index in [0.717, 1.165) is 0 Å². The summed E-state index contributed by atoms with van der Waals surface area (Å²) in [5.41, 5.74) is 5.33. The van der Waals surface area contributed by atoms with E-state index in [2.05, 4.69) is 16.0 Å². The van der Waals surface area contributed by atoms with E-state index in [9.17, 15) is 9.59 Å². The maximum Gasteiger partial charge on any atom is 0.332 e. The summed E-state index contributed by atoms with van der Waals surface area (Å²) in [7, 11) is 0. The zero-order valence-electron chi connectivity index (χ0n) is 8.79. The highest BCUT2D eigenvalue weighted by Crippen LogP contribution is 1.88. The molecule has 0 aliphatic rings. The average Bonchev–Trinajstić information content (AvgIpc) is 2.23. The molecule has 5 nitrogen and oxygen atoms in total. The topological polar surface area (TPSA) is 81.4 Å². The van der Waals surface area contributed by atoms with Crippen LogP contribution in [-0.4, -0.2) is 31.1 Å². The van der Waals surface area contributed by atoms with Gasteiger partial charge in [-0.25, -0.2) is 4.79 Å². The Labute approximate surface area is 89.3 Å². The number of unbranched alkanes of at least 4 members (excludes halogenated alkanes) is 1. The number of terminal acetylenes is 1. The smallest absolute Gasteiger partial charge is 0.332 e. The van der Waals surface area contributed by atoms with Crippen LogP contribution in [0.5, 0.6) is 0 Å². The molecule has 1 atom stereocenters. The maximum absolute atomic E-state index is 11.2. The van der Waals surface area contributed by atoms with E-state index in [1.807, 2.05) is 0 Å². The number of hydrogen-bond donors (Lipinski definition) is 2. The van der Waals surface area contributed by atoms with Crippen LogP contribution in [0, 0.1) is 12.3 Å². The van der Waals surface area contributed by atoms with Gasteiger partial charge in [-0.15, -0.1) is 12.3 Å². The van der Waals surface area contributed by atoms with E-state index in [-0.39, 0.29) is 6.61 Å². The van der Waals surface area contributed by atoms with Gasteiger partial charge in [0.2, 0.25) is 5.91 Å². The van der Waals surface area contributed by atoms with Gasteiger partial charge in [0.25, 0.3) is 0 Å². The van der Waals surface area contributed by atoms with Crippen molar-refractivity contribution in [2.45, 2.75) is 25.8 Å². The van der Waals surface area contributed by atoms with E-state index in [1.54, 1.807) is 6.92 Å². The van der Waals surface area contributed by atoms with Crippen molar-refractivity contribution in [1.29, 1.82) is 0 Å². The molecule has 0 rings (SSSR count). The SMILES string of the molecule is C#CCCCNC(=O)C(N)C(=O)OCC. The van der Waals surface area contributed by atoms with E-state index >= 15 is 0 Å². The van der Waals surface area contributed by atoms with Crippen LogP contribution in [0.3, 0.4) is 0 Å². The van der Waals surface area contributed by atoms with E-state index in [4.69, 9.17) is 12.2 Å². The van der Waals surface area contributed by atoms with Crippen molar-refractivity contribution in [3.8, 4) is 12.3 Å². The van der Waals surface area contributed by atoms with Gasteiger partial charge in [0.1, 0.15) is 0 Å². The highest BCUT2D eigenvalue weighted by atomic mass is 16.5. The number of rotatable bonds is 6. The summed E-state index contributed by atoms with van der Waals surface area (Å²) in [5.74, 6) is 1.19. The molecule has 0 aliphatic carbocycles. The molecule has 0 radical (unpaired) electrons. The molecule has 0 bridgehead atoms. The van der Waals surface area contributed by atoms with Crippen molar-refractivity contribution >= 4 is 11.9 Å². The standard InChI is InChI=1S/C10H16N2O3/c1-3-5-6-7-12-9(13)8(11)10(14)15-4-2/h1,8H,4-7,11H2,2H3,(H,12,13). The van der Waals surface area contributed by atoms with Crippen molar-refractivity contribution in [3.05, 3.63) is 0 Å². The third-order valence-electron chi connectivity index (χ3n) is 1.62. The number of amides is 1. The molecule has 5 heteroatoms. The minimum atomic E-state index is -1.25. The molecular formula is C10H16N2O3. The zero-order chi connectivity index (χ0) is 11.7. The van der Waals surface area contributed by atoms with Crippen LogP contribution in [0.25, 0.3) is 0 Å². The molecule has 0 spiro atoms. The highest BCUT2D eigenvalue weighted by Gasteiger charge is 2.22. The Morgan fingerprint density at radius 1 is 1.60 bits per heavy atom. The van der Waals surface area contributed by atoms with Crippen molar-refractivity contribution in [2.75, 3.05) is 13.2 Å². The lowest BCUT2D eigenvalue weighted by atomic mass is 10.2. The lowest BCUT2D eigenvalue weighted by molar-refractivity contribution is -0.147. The Bertz CT molecular complexity index is 258. The first-order valence-electron chi connectivity index (χ1n) is 4.76. The summed E-state index contributed by atoms with van der Waals surface area (Å²) in [6.07, 6.45) is 6.27. The number of carbonyl (C=O) groups is 2. The lowest BCUT2D eigenvalue weighted by Crippen LogP contribution is -2.47. The Morgan fingerprint density at radius 2 is 2.27 bits per heavy atom. The van der Waals surface area contributed by atoms with Gasteiger partial charge in [0.05, 0.1) is 6.61 Å².